The normalized spacial score (nSPS) is 13.3. The smallest absolute Gasteiger partial charge is 0.145 e. The second-order valence-electron chi connectivity index (χ2n) is 7.07. The van der Waals surface area contributed by atoms with Gasteiger partial charge in [-0.05, 0) is 48.5 Å². The maximum atomic E-state index is 11.5. The molecule has 0 radical (unpaired) electrons. The highest BCUT2D eigenvalue weighted by atomic mass is 35.5. The van der Waals surface area contributed by atoms with Gasteiger partial charge in [0.25, 0.3) is 0 Å². The molecule has 0 aliphatic rings. The summed E-state index contributed by atoms with van der Waals surface area (Å²) in [5.41, 5.74) is 2.27. The number of nitrogens with two attached hydrogens (primary N) is 1. The van der Waals surface area contributed by atoms with E-state index in [1.54, 1.807) is 24.4 Å². The predicted molar refractivity (Wildman–Crippen MR) is 130 cm³/mol. The van der Waals surface area contributed by atoms with Crippen LogP contribution in [0.2, 0.25) is 5.02 Å². The maximum absolute atomic E-state index is 11.5. The Morgan fingerprint density at radius 2 is 2.06 bits per heavy atom. The Balaban J connectivity index is 1.61. The van der Waals surface area contributed by atoms with E-state index in [1.807, 2.05) is 24.3 Å². The number of aromatic nitrogens is 2. The van der Waals surface area contributed by atoms with Gasteiger partial charge in [0.2, 0.25) is 0 Å². The van der Waals surface area contributed by atoms with Gasteiger partial charge < -0.3 is 14.8 Å². The Hall–Kier alpha value is -3.40. The van der Waals surface area contributed by atoms with Crippen LogP contribution in [0.5, 0.6) is 5.75 Å². The average molecular weight is 470 g/mol. The standard InChI is InChI=1S/C22H20ClN5O3S/c1-32(24,30)9-8-25-12-16-4-7-21(31-16)14-2-5-19-17(10-14)22(27-13-26-19)28-15-3-6-20(29)18(23)11-15/h2-7,9-13,29H,8H2,1H3,(H2,24,30)(H,26,27,28). The highest BCUT2D eigenvalue weighted by Gasteiger charge is 2.10. The van der Waals surface area contributed by atoms with Crippen molar-refractivity contribution < 1.29 is 13.7 Å². The highest BCUT2D eigenvalue weighted by molar-refractivity contribution is 7.98. The molecule has 32 heavy (non-hydrogen) atoms. The summed E-state index contributed by atoms with van der Waals surface area (Å²) in [5, 5.41) is 20.8. The molecule has 164 valence electrons. The number of phenolic OH excluding ortho intramolecular Hbond substituents is 1. The van der Waals surface area contributed by atoms with Crippen LogP contribution in [0.25, 0.3) is 22.2 Å². The number of phenols is 1. The van der Waals surface area contributed by atoms with E-state index in [1.165, 1.54) is 24.0 Å². The van der Waals surface area contributed by atoms with E-state index >= 15 is 0 Å². The topological polar surface area (TPSA) is 127 Å². The average Bonchev–Trinajstić information content (AvgIpc) is 3.22. The van der Waals surface area contributed by atoms with E-state index in [0.29, 0.717) is 23.0 Å². The van der Waals surface area contributed by atoms with Crippen LogP contribution in [0.4, 0.5) is 11.5 Å². The SMILES string of the molecule is CS(N)(=O)=CCN=Cc1ccc(-c2ccc3ncnc(Nc4ccc(O)c(Cl)c4)c3c2)o1. The molecule has 0 spiro atoms. The summed E-state index contributed by atoms with van der Waals surface area (Å²) >= 11 is 6.01. The zero-order chi connectivity index (χ0) is 22.7. The molecule has 2 aromatic carbocycles. The third-order valence-corrected chi connectivity index (χ3v) is 5.60. The Bertz CT molecular complexity index is 1430. The second-order valence-corrected chi connectivity index (χ2v) is 9.75. The predicted octanol–water partition coefficient (Wildman–Crippen LogP) is 4.00. The van der Waals surface area contributed by atoms with E-state index in [-0.39, 0.29) is 17.3 Å². The molecule has 0 fully saturated rings. The molecule has 0 bridgehead atoms. The van der Waals surface area contributed by atoms with Crippen LogP contribution in [-0.2, 0) is 9.71 Å². The summed E-state index contributed by atoms with van der Waals surface area (Å²) in [5.74, 6) is 1.81. The van der Waals surface area contributed by atoms with Gasteiger partial charge in [0.15, 0.2) is 0 Å². The maximum Gasteiger partial charge on any atom is 0.145 e. The number of nitrogens with zero attached hydrogens (tertiary/aromatic N) is 3. The molecule has 4 rings (SSSR count). The van der Waals surface area contributed by atoms with Crippen LogP contribution in [0.3, 0.4) is 0 Å². The van der Waals surface area contributed by atoms with Crippen molar-refractivity contribution in [3.05, 3.63) is 65.6 Å². The summed E-state index contributed by atoms with van der Waals surface area (Å²) in [7, 11) is -2.43. The van der Waals surface area contributed by atoms with Gasteiger partial charge >= 0.3 is 0 Å². The summed E-state index contributed by atoms with van der Waals surface area (Å²) in [6.07, 6.45) is 4.49. The van der Waals surface area contributed by atoms with Crippen LogP contribution in [0.1, 0.15) is 5.76 Å². The third-order valence-electron chi connectivity index (χ3n) is 4.49. The molecule has 2 heterocycles. The first-order valence-corrected chi connectivity index (χ1v) is 12.0. The number of halogens is 1. The van der Waals surface area contributed by atoms with Gasteiger partial charge in [-0.3, -0.25) is 14.3 Å². The van der Waals surface area contributed by atoms with E-state index in [2.05, 4.69) is 20.3 Å². The largest absolute Gasteiger partial charge is 0.506 e. The number of hydrogen-bond donors (Lipinski definition) is 3. The van der Waals surface area contributed by atoms with Crippen LogP contribution in [0.15, 0.2) is 64.3 Å². The number of hydrogen-bond acceptors (Lipinski definition) is 7. The summed E-state index contributed by atoms with van der Waals surface area (Å²) in [6.45, 7) is 0.242. The van der Waals surface area contributed by atoms with E-state index in [4.69, 9.17) is 21.2 Å². The van der Waals surface area contributed by atoms with Crippen molar-refractivity contribution in [1.82, 2.24) is 9.97 Å². The first kappa shape index (κ1) is 21.8. The molecule has 0 aliphatic heterocycles. The number of rotatable bonds is 6. The monoisotopic (exact) mass is 469 g/mol. The van der Waals surface area contributed by atoms with Gasteiger partial charge in [0.1, 0.15) is 29.4 Å². The summed E-state index contributed by atoms with van der Waals surface area (Å²) < 4.78 is 17.3. The lowest BCUT2D eigenvalue weighted by Crippen LogP contribution is -2.13. The fourth-order valence-corrected chi connectivity index (χ4v) is 3.50. The lowest BCUT2D eigenvalue weighted by molar-refractivity contribution is 0.475. The number of anilines is 2. The van der Waals surface area contributed by atoms with Gasteiger partial charge in [-0.1, -0.05) is 11.6 Å². The van der Waals surface area contributed by atoms with Crippen LogP contribution < -0.4 is 10.5 Å². The summed E-state index contributed by atoms with van der Waals surface area (Å²) in [4.78, 5) is 12.8. The van der Waals surface area contributed by atoms with Crippen LogP contribution >= 0.6 is 11.6 Å². The molecule has 0 saturated carbocycles. The van der Waals surface area contributed by atoms with Crippen LogP contribution in [-0.4, -0.2) is 43.7 Å². The van der Waals surface area contributed by atoms with E-state index in [9.17, 15) is 9.32 Å². The second kappa shape index (κ2) is 8.99. The van der Waals surface area contributed by atoms with Crippen molar-refractivity contribution in [1.29, 1.82) is 0 Å². The molecule has 0 aliphatic carbocycles. The third kappa shape index (κ3) is 5.25. The lowest BCUT2D eigenvalue weighted by Gasteiger charge is -2.10. The van der Waals surface area contributed by atoms with Gasteiger partial charge in [0.05, 0.1) is 23.3 Å². The van der Waals surface area contributed by atoms with E-state index < -0.39 is 9.71 Å². The zero-order valence-corrected chi connectivity index (χ0v) is 18.6. The van der Waals surface area contributed by atoms with Gasteiger partial charge in [-0.2, -0.15) is 0 Å². The van der Waals surface area contributed by atoms with Crippen LogP contribution in [0, 0.1) is 0 Å². The molecule has 0 saturated heterocycles. The number of aromatic hydroxyl groups is 1. The zero-order valence-electron chi connectivity index (χ0n) is 17.0. The molecule has 10 heteroatoms. The molecule has 1 unspecified atom stereocenters. The Morgan fingerprint density at radius 3 is 2.84 bits per heavy atom. The molecule has 4 N–H and O–H groups in total. The van der Waals surface area contributed by atoms with Gasteiger partial charge in [0, 0.05) is 38.0 Å². The fraction of sp³-hybridized carbons (Fsp3) is 0.0909. The highest BCUT2D eigenvalue weighted by Crippen LogP contribution is 2.31. The van der Waals surface area contributed by atoms with Crippen molar-refractivity contribution in [2.45, 2.75) is 0 Å². The fourth-order valence-electron chi connectivity index (χ4n) is 2.94. The van der Waals surface area contributed by atoms with Gasteiger partial charge in [-0.15, -0.1) is 0 Å². The minimum Gasteiger partial charge on any atom is -0.506 e. The van der Waals surface area contributed by atoms with Crippen molar-refractivity contribution in [3.63, 3.8) is 0 Å². The Labute approximate surface area is 189 Å². The Morgan fingerprint density at radius 1 is 1.22 bits per heavy atom. The summed E-state index contributed by atoms with van der Waals surface area (Å²) in [6, 6.07) is 14.2. The quantitative estimate of drug-likeness (QED) is 0.222. The number of aliphatic imine (C=N–C) groups is 1. The van der Waals surface area contributed by atoms with Crippen molar-refractivity contribution in [2.24, 2.45) is 10.1 Å². The molecular formula is C22H20ClN5O3S. The number of fused-ring (bicyclic) bond motifs is 1. The molecule has 8 nitrogen and oxygen atoms in total. The number of furan rings is 1. The Kier molecular flexibility index (Phi) is 6.13. The number of nitrogens with one attached hydrogen (secondary N) is 1. The lowest BCUT2D eigenvalue weighted by atomic mass is 10.1. The van der Waals surface area contributed by atoms with Crippen molar-refractivity contribution in [2.75, 3.05) is 18.1 Å². The first-order valence-electron chi connectivity index (χ1n) is 9.49. The molecular weight excluding hydrogens is 450 g/mol. The van der Waals surface area contributed by atoms with Crippen molar-refractivity contribution in [3.8, 4) is 17.1 Å². The van der Waals surface area contributed by atoms with E-state index in [0.717, 1.165) is 16.5 Å². The molecule has 4 aromatic rings. The number of benzene rings is 2. The minimum atomic E-state index is -2.43. The van der Waals surface area contributed by atoms with Gasteiger partial charge in [-0.25, -0.2) is 9.97 Å². The molecule has 0 amide bonds. The molecule has 2 aromatic heterocycles. The van der Waals surface area contributed by atoms with Crippen molar-refractivity contribution >= 4 is 55.3 Å². The first-order chi connectivity index (χ1) is 15.3. The molecule has 1 atom stereocenters. The minimum absolute atomic E-state index is 0.00780.